The highest BCUT2D eigenvalue weighted by Crippen LogP contribution is 2.15. The monoisotopic (exact) mass is 217 g/mol. The lowest BCUT2D eigenvalue weighted by Crippen LogP contribution is -2.27. The van der Waals surface area contributed by atoms with E-state index in [9.17, 15) is 4.79 Å². The van der Waals surface area contributed by atoms with Crippen molar-refractivity contribution in [2.45, 2.75) is 6.92 Å². The van der Waals surface area contributed by atoms with Gasteiger partial charge in [-0.05, 0) is 29.8 Å². The Morgan fingerprint density at radius 3 is 2.88 bits per heavy atom. The molecule has 0 aliphatic heterocycles. The summed E-state index contributed by atoms with van der Waals surface area (Å²) in [5.74, 6) is -0.233. The number of H-pyrrole nitrogens is 1. The summed E-state index contributed by atoms with van der Waals surface area (Å²) in [4.78, 5) is 13.3. The van der Waals surface area contributed by atoms with Gasteiger partial charge in [-0.15, -0.1) is 10.2 Å². The van der Waals surface area contributed by atoms with Crippen molar-refractivity contribution in [3.63, 3.8) is 0 Å². The zero-order valence-electron chi connectivity index (χ0n) is 9.01. The molecule has 2 aromatic rings. The first-order chi connectivity index (χ1) is 7.68. The van der Waals surface area contributed by atoms with Gasteiger partial charge in [0.2, 0.25) is 0 Å². The van der Waals surface area contributed by atoms with Crippen LogP contribution in [-0.4, -0.2) is 33.6 Å². The zero-order chi connectivity index (χ0) is 11.5. The number of benzene rings is 1. The molecule has 0 unspecified atom stereocenters. The van der Waals surface area contributed by atoms with Gasteiger partial charge in [0.25, 0.3) is 11.7 Å². The quantitative estimate of drug-likeness (QED) is 0.806. The fourth-order valence-corrected chi connectivity index (χ4v) is 1.36. The Labute approximate surface area is 92.3 Å². The van der Waals surface area contributed by atoms with Crippen molar-refractivity contribution in [3.05, 3.63) is 35.7 Å². The fourth-order valence-electron chi connectivity index (χ4n) is 1.36. The van der Waals surface area contributed by atoms with Crippen LogP contribution in [0.1, 0.15) is 16.2 Å². The lowest BCUT2D eigenvalue weighted by atomic mass is 10.2. The molecular weight excluding hydrogens is 206 g/mol. The maximum absolute atomic E-state index is 11.9. The molecule has 2 rings (SSSR count). The second-order valence-electron chi connectivity index (χ2n) is 3.44. The topological polar surface area (TPSA) is 74.8 Å². The summed E-state index contributed by atoms with van der Waals surface area (Å²) < 4.78 is 0. The molecule has 1 aromatic carbocycles. The largest absolute Gasteiger partial charge is 0.309 e. The number of tetrazole rings is 1. The maximum atomic E-state index is 11.9. The van der Waals surface area contributed by atoms with E-state index in [4.69, 9.17) is 0 Å². The Morgan fingerprint density at radius 1 is 1.44 bits per heavy atom. The first-order valence-electron chi connectivity index (χ1n) is 4.76. The highest BCUT2D eigenvalue weighted by molar-refractivity contribution is 6.02. The van der Waals surface area contributed by atoms with E-state index in [0.717, 1.165) is 11.3 Å². The number of carbonyl (C=O) groups excluding carboxylic acids is 1. The van der Waals surface area contributed by atoms with E-state index in [1.54, 1.807) is 7.05 Å². The van der Waals surface area contributed by atoms with Gasteiger partial charge in [0.05, 0.1) is 0 Å². The zero-order valence-corrected chi connectivity index (χ0v) is 9.01. The van der Waals surface area contributed by atoms with Gasteiger partial charge < -0.3 is 4.90 Å². The lowest BCUT2D eigenvalue weighted by molar-refractivity contribution is 0.0983. The van der Waals surface area contributed by atoms with E-state index in [2.05, 4.69) is 20.6 Å². The molecule has 0 spiro atoms. The number of hydrogen-bond acceptors (Lipinski definition) is 4. The Balaban J connectivity index is 2.26. The van der Waals surface area contributed by atoms with Crippen molar-refractivity contribution in [2.75, 3.05) is 11.9 Å². The smallest absolute Gasteiger partial charge is 0.299 e. The minimum absolute atomic E-state index is 0.0593. The predicted molar refractivity (Wildman–Crippen MR) is 58.1 cm³/mol. The number of aryl methyl sites for hydroxylation is 1. The summed E-state index contributed by atoms with van der Waals surface area (Å²) in [6.45, 7) is 1.97. The molecule has 82 valence electrons. The molecule has 0 aliphatic rings. The Hall–Kier alpha value is -2.24. The first kappa shape index (κ1) is 10.3. The second-order valence-corrected chi connectivity index (χ2v) is 3.44. The highest BCUT2D eigenvalue weighted by atomic mass is 16.2. The van der Waals surface area contributed by atoms with Crippen LogP contribution in [0.4, 0.5) is 5.69 Å². The number of aromatic nitrogens is 4. The molecular formula is C10H11N5O. The van der Waals surface area contributed by atoms with E-state index in [-0.39, 0.29) is 11.7 Å². The standard InChI is InChI=1S/C10H11N5O/c1-7-4-3-5-8(6-7)15(2)10(16)9-11-13-14-12-9/h3-6H,1-2H3,(H,11,12,13,14). The van der Waals surface area contributed by atoms with E-state index < -0.39 is 0 Å². The third-order valence-corrected chi connectivity index (χ3v) is 2.23. The first-order valence-corrected chi connectivity index (χ1v) is 4.76. The van der Waals surface area contributed by atoms with Crippen LogP contribution in [0.25, 0.3) is 0 Å². The summed E-state index contributed by atoms with van der Waals surface area (Å²) in [5, 5.41) is 12.9. The molecule has 16 heavy (non-hydrogen) atoms. The number of carbonyl (C=O) groups is 1. The normalized spacial score (nSPS) is 10.1. The summed E-state index contributed by atoms with van der Waals surface area (Å²) in [5.41, 5.74) is 1.89. The lowest BCUT2D eigenvalue weighted by Gasteiger charge is -2.15. The van der Waals surface area contributed by atoms with Crippen LogP contribution in [-0.2, 0) is 0 Å². The number of hydrogen-bond donors (Lipinski definition) is 1. The van der Waals surface area contributed by atoms with Crippen LogP contribution < -0.4 is 4.90 Å². The number of rotatable bonds is 2. The van der Waals surface area contributed by atoms with Gasteiger partial charge in [-0.3, -0.25) is 4.79 Å². The fraction of sp³-hybridized carbons (Fsp3) is 0.200. The molecule has 0 atom stereocenters. The average molecular weight is 217 g/mol. The molecule has 1 heterocycles. The maximum Gasteiger partial charge on any atom is 0.299 e. The molecule has 1 amide bonds. The number of amides is 1. The number of nitrogens with zero attached hydrogens (tertiary/aromatic N) is 4. The van der Waals surface area contributed by atoms with E-state index in [1.165, 1.54) is 4.90 Å². The van der Waals surface area contributed by atoms with Crippen LogP contribution >= 0.6 is 0 Å². The molecule has 0 bridgehead atoms. The summed E-state index contributed by atoms with van der Waals surface area (Å²) in [6, 6.07) is 7.63. The molecule has 0 saturated carbocycles. The van der Waals surface area contributed by atoms with Crippen LogP contribution in [0.2, 0.25) is 0 Å². The van der Waals surface area contributed by atoms with Crippen LogP contribution in [0, 0.1) is 6.92 Å². The van der Waals surface area contributed by atoms with Gasteiger partial charge >= 0.3 is 0 Å². The summed E-state index contributed by atoms with van der Waals surface area (Å²) in [7, 11) is 1.67. The Kier molecular flexibility index (Phi) is 2.63. The van der Waals surface area contributed by atoms with Crippen molar-refractivity contribution < 1.29 is 4.79 Å². The van der Waals surface area contributed by atoms with Crippen molar-refractivity contribution >= 4 is 11.6 Å². The highest BCUT2D eigenvalue weighted by Gasteiger charge is 2.17. The summed E-state index contributed by atoms with van der Waals surface area (Å²) in [6.07, 6.45) is 0. The third-order valence-electron chi connectivity index (χ3n) is 2.23. The van der Waals surface area contributed by atoms with Crippen molar-refractivity contribution in [1.29, 1.82) is 0 Å². The molecule has 0 radical (unpaired) electrons. The van der Waals surface area contributed by atoms with Gasteiger partial charge in [0.15, 0.2) is 0 Å². The second kappa shape index (κ2) is 4.09. The molecule has 0 saturated heterocycles. The number of nitrogens with one attached hydrogen (secondary N) is 1. The Bertz CT molecular complexity index is 494. The molecule has 6 nitrogen and oxygen atoms in total. The van der Waals surface area contributed by atoms with Gasteiger partial charge in [-0.25, -0.2) is 0 Å². The van der Waals surface area contributed by atoms with Gasteiger partial charge in [-0.2, -0.15) is 5.21 Å². The van der Waals surface area contributed by atoms with E-state index >= 15 is 0 Å². The molecule has 1 N–H and O–H groups in total. The average Bonchev–Trinajstić information content (AvgIpc) is 2.80. The van der Waals surface area contributed by atoms with Gasteiger partial charge in [-0.1, -0.05) is 12.1 Å². The summed E-state index contributed by atoms with van der Waals surface area (Å²) >= 11 is 0. The van der Waals surface area contributed by atoms with Gasteiger partial charge in [0.1, 0.15) is 0 Å². The van der Waals surface area contributed by atoms with Crippen molar-refractivity contribution in [3.8, 4) is 0 Å². The molecule has 0 fully saturated rings. The van der Waals surface area contributed by atoms with E-state index in [1.807, 2.05) is 31.2 Å². The van der Waals surface area contributed by atoms with Crippen molar-refractivity contribution in [1.82, 2.24) is 20.6 Å². The SMILES string of the molecule is Cc1cccc(N(C)C(=O)c2nn[nH]n2)c1. The molecule has 6 heteroatoms. The number of aromatic amines is 1. The third kappa shape index (κ3) is 1.90. The van der Waals surface area contributed by atoms with Crippen molar-refractivity contribution in [2.24, 2.45) is 0 Å². The Morgan fingerprint density at radius 2 is 2.25 bits per heavy atom. The minimum atomic E-state index is -0.292. The minimum Gasteiger partial charge on any atom is -0.309 e. The predicted octanol–water partition coefficient (Wildman–Crippen LogP) is 0.785. The van der Waals surface area contributed by atoms with E-state index in [0.29, 0.717) is 0 Å². The van der Waals surface area contributed by atoms with Crippen LogP contribution in [0.5, 0.6) is 0 Å². The molecule has 0 aliphatic carbocycles. The van der Waals surface area contributed by atoms with Gasteiger partial charge in [0, 0.05) is 12.7 Å². The molecule has 1 aromatic heterocycles. The number of anilines is 1. The van der Waals surface area contributed by atoms with Crippen LogP contribution in [0.3, 0.4) is 0 Å². The van der Waals surface area contributed by atoms with Crippen LogP contribution in [0.15, 0.2) is 24.3 Å².